The summed E-state index contributed by atoms with van der Waals surface area (Å²) in [5, 5.41) is 6.48. The Balaban J connectivity index is 1.85. The van der Waals surface area contributed by atoms with Gasteiger partial charge in [0.15, 0.2) is 5.82 Å². The highest BCUT2D eigenvalue weighted by Gasteiger charge is 2.22. The number of hydrogen-bond acceptors (Lipinski definition) is 6. The first kappa shape index (κ1) is 17.7. The predicted octanol–water partition coefficient (Wildman–Crippen LogP) is 1.94. The monoisotopic (exact) mass is 357 g/mol. The van der Waals surface area contributed by atoms with Crippen LogP contribution < -0.4 is 10.6 Å². The molecule has 3 rings (SSSR count). The number of nitrogens with one attached hydrogen (secondary N) is 3. The number of rotatable bonds is 7. The van der Waals surface area contributed by atoms with Crippen molar-refractivity contribution in [3.05, 3.63) is 31.0 Å². The number of aromatic nitrogens is 5. The van der Waals surface area contributed by atoms with Crippen molar-refractivity contribution < 1.29 is 9.18 Å². The normalized spacial score (nSPS) is 12.3. The number of fused-ring (bicyclic) bond motifs is 1. The van der Waals surface area contributed by atoms with Crippen LogP contribution in [0.1, 0.15) is 13.8 Å². The van der Waals surface area contributed by atoms with Gasteiger partial charge in [0.1, 0.15) is 30.5 Å². The third-order valence-corrected chi connectivity index (χ3v) is 3.90. The third-order valence-electron chi connectivity index (χ3n) is 3.90. The van der Waals surface area contributed by atoms with Gasteiger partial charge in [0.05, 0.1) is 0 Å². The summed E-state index contributed by atoms with van der Waals surface area (Å²) in [5.41, 5.74) is 1.47. The quantitative estimate of drug-likeness (QED) is 0.596. The smallest absolute Gasteiger partial charge is 0.242 e. The first-order valence-electron chi connectivity index (χ1n) is 8.31. The maximum atomic E-state index is 12.3. The van der Waals surface area contributed by atoms with Gasteiger partial charge in [-0.3, -0.25) is 4.79 Å². The van der Waals surface area contributed by atoms with E-state index in [4.69, 9.17) is 0 Å². The van der Waals surface area contributed by atoms with Gasteiger partial charge >= 0.3 is 0 Å². The first-order valence-corrected chi connectivity index (χ1v) is 8.31. The van der Waals surface area contributed by atoms with Crippen LogP contribution in [-0.4, -0.2) is 50.1 Å². The highest BCUT2D eigenvalue weighted by atomic mass is 19.1. The molecular formula is C17H20FN7O. The predicted molar refractivity (Wildman–Crippen MR) is 96.1 cm³/mol. The fourth-order valence-electron chi connectivity index (χ4n) is 2.59. The number of alkyl halides is 1. The van der Waals surface area contributed by atoms with E-state index in [1.165, 1.54) is 6.33 Å². The Bertz CT molecular complexity index is 895. The lowest BCUT2D eigenvalue weighted by molar-refractivity contribution is -0.122. The number of anilines is 1. The Morgan fingerprint density at radius 3 is 2.96 bits per heavy atom. The van der Waals surface area contributed by atoms with Crippen LogP contribution in [0.2, 0.25) is 0 Å². The van der Waals surface area contributed by atoms with Crippen molar-refractivity contribution >= 4 is 22.8 Å². The summed E-state index contributed by atoms with van der Waals surface area (Å²) < 4.78 is 12.3. The molecule has 0 unspecified atom stereocenters. The minimum atomic E-state index is -0.600. The van der Waals surface area contributed by atoms with Gasteiger partial charge in [-0.05, 0) is 12.0 Å². The number of aromatic amines is 1. The standard InChI is InChI=1S/C17H20FN7O/c1-10(2)14(17(26)21-6-4-18)24-13-3-5-20-16(25-13)12-8-22-15-11(12)7-19-9-23-15/h3,5,7-10,14H,4,6H2,1-2H3,(H,21,26)(H,19,22,23)(H,20,24,25)/t14-/m1/s1. The van der Waals surface area contributed by atoms with E-state index in [0.29, 0.717) is 17.3 Å². The van der Waals surface area contributed by atoms with Crippen molar-refractivity contribution in [2.45, 2.75) is 19.9 Å². The van der Waals surface area contributed by atoms with Gasteiger partial charge in [-0.15, -0.1) is 0 Å². The Morgan fingerprint density at radius 2 is 2.19 bits per heavy atom. The number of carbonyl (C=O) groups excluding carboxylic acids is 1. The number of nitrogens with zero attached hydrogens (tertiary/aromatic N) is 4. The topological polar surface area (TPSA) is 108 Å². The lowest BCUT2D eigenvalue weighted by Crippen LogP contribution is -2.43. The summed E-state index contributed by atoms with van der Waals surface area (Å²) in [6.07, 6.45) is 6.54. The van der Waals surface area contributed by atoms with Gasteiger partial charge < -0.3 is 15.6 Å². The van der Waals surface area contributed by atoms with Gasteiger partial charge in [0.2, 0.25) is 5.91 Å². The second-order valence-corrected chi connectivity index (χ2v) is 6.10. The molecule has 8 nitrogen and oxygen atoms in total. The van der Waals surface area contributed by atoms with E-state index in [1.54, 1.807) is 24.7 Å². The second kappa shape index (κ2) is 7.85. The van der Waals surface area contributed by atoms with E-state index < -0.39 is 12.7 Å². The largest absolute Gasteiger partial charge is 0.358 e. The molecule has 26 heavy (non-hydrogen) atoms. The zero-order valence-corrected chi connectivity index (χ0v) is 14.5. The van der Waals surface area contributed by atoms with Crippen molar-refractivity contribution in [1.82, 2.24) is 30.2 Å². The molecule has 3 heterocycles. The minimum Gasteiger partial charge on any atom is -0.358 e. The average molecular weight is 357 g/mol. The molecule has 0 aromatic carbocycles. The van der Waals surface area contributed by atoms with Crippen LogP contribution in [0.15, 0.2) is 31.0 Å². The zero-order chi connectivity index (χ0) is 18.5. The summed E-state index contributed by atoms with van der Waals surface area (Å²) in [7, 11) is 0. The lowest BCUT2D eigenvalue weighted by Gasteiger charge is -2.22. The summed E-state index contributed by atoms with van der Waals surface area (Å²) in [5.74, 6) is 0.728. The number of carbonyl (C=O) groups is 1. The second-order valence-electron chi connectivity index (χ2n) is 6.10. The minimum absolute atomic E-state index is 0.00508. The average Bonchev–Trinajstić information content (AvgIpc) is 3.08. The molecule has 136 valence electrons. The molecule has 1 atom stereocenters. The lowest BCUT2D eigenvalue weighted by atomic mass is 10.0. The fraction of sp³-hybridized carbons (Fsp3) is 0.353. The van der Waals surface area contributed by atoms with E-state index >= 15 is 0 Å². The Labute approximate surface area is 149 Å². The van der Waals surface area contributed by atoms with E-state index in [0.717, 1.165) is 10.9 Å². The fourth-order valence-corrected chi connectivity index (χ4v) is 2.59. The molecule has 0 saturated heterocycles. The molecule has 0 saturated carbocycles. The van der Waals surface area contributed by atoms with Crippen molar-refractivity contribution in [2.75, 3.05) is 18.5 Å². The third kappa shape index (κ3) is 3.76. The zero-order valence-electron chi connectivity index (χ0n) is 14.5. The molecular weight excluding hydrogens is 337 g/mol. The number of amides is 1. The Morgan fingerprint density at radius 1 is 1.35 bits per heavy atom. The van der Waals surface area contributed by atoms with Gasteiger partial charge in [0.25, 0.3) is 0 Å². The van der Waals surface area contributed by atoms with Gasteiger partial charge in [0, 0.05) is 36.1 Å². The summed E-state index contributed by atoms with van der Waals surface area (Å²) in [6.45, 7) is 3.21. The molecule has 3 aromatic rings. The number of halogens is 1. The maximum Gasteiger partial charge on any atom is 0.242 e. The van der Waals surface area contributed by atoms with Crippen LogP contribution >= 0.6 is 0 Å². The van der Waals surface area contributed by atoms with Crippen molar-refractivity contribution in [2.24, 2.45) is 5.92 Å². The van der Waals surface area contributed by atoms with Crippen LogP contribution in [0.25, 0.3) is 22.4 Å². The molecule has 0 aliphatic heterocycles. The van der Waals surface area contributed by atoms with Crippen LogP contribution in [0.4, 0.5) is 10.2 Å². The van der Waals surface area contributed by atoms with Gasteiger partial charge in [-0.25, -0.2) is 24.3 Å². The molecule has 3 aromatic heterocycles. The molecule has 0 aliphatic carbocycles. The molecule has 1 amide bonds. The first-order chi connectivity index (χ1) is 12.6. The van der Waals surface area contributed by atoms with Crippen molar-refractivity contribution in [3.63, 3.8) is 0 Å². The molecule has 3 N–H and O–H groups in total. The van der Waals surface area contributed by atoms with E-state index in [1.807, 2.05) is 13.8 Å². The molecule has 0 radical (unpaired) electrons. The summed E-state index contributed by atoms with van der Waals surface area (Å²) in [6, 6.07) is 1.16. The molecule has 0 aliphatic rings. The van der Waals surface area contributed by atoms with E-state index in [2.05, 4.69) is 35.6 Å². The van der Waals surface area contributed by atoms with Crippen molar-refractivity contribution in [3.8, 4) is 11.4 Å². The van der Waals surface area contributed by atoms with E-state index in [9.17, 15) is 9.18 Å². The van der Waals surface area contributed by atoms with Crippen molar-refractivity contribution in [1.29, 1.82) is 0 Å². The molecule has 9 heteroatoms. The Hall–Kier alpha value is -3.10. The molecule has 0 bridgehead atoms. The summed E-state index contributed by atoms with van der Waals surface area (Å²) >= 11 is 0. The Kier molecular flexibility index (Phi) is 5.35. The highest BCUT2D eigenvalue weighted by Crippen LogP contribution is 2.24. The van der Waals surface area contributed by atoms with Crippen LogP contribution in [0.5, 0.6) is 0 Å². The maximum absolute atomic E-state index is 12.3. The number of hydrogen-bond donors (Lipinski definition) is 3. The summed E-state index contributed by atoms with van der Waals surface area (Å²) in [4.78, 5) is 32.3. The highest BCUT2D eigenvalue weighted by molar-refractivity contribution is 5.91. The number of H-pyrrole nitrogens is 1. The van der Waals surface area contributed by atoms with Crippen LogP contribution in [-0.2, 0) is 4.79 Å². The van der Waals surface area contributed by atoms with Crippen LogP contribution in [0.3, 0.4) is 0 Å². The molecule has 0 fully saturated rings. The molecule has 0 spiro atoms. The van der Waals surface area contributed by atoms with Gasteiger partial charge in [-0.2, -0.15) is 0 Å². The van der Waals surface area contributed by atoms with E-state index in [-0.39, 0.29) is 18.4 Å². The van der Waals surface area contributed by atoms with Crippen LogP contribution in [0, 0.1) is 5.92 Å². The van der Waals surface area contributed by atoms with Gasteiger partial charge in [-0.1, -0.05) is 13.8 Å². The SMILES string of the molecule is CC(C)[C@@H](Nc1ccnc(-c2c[nH]c3ncncc23)n1)C(=O)NCCF.